The number of hydrogen-bond donors (Lipinski definition) is 1. The van der Waals surface area contributed by atoms with Crippen molar-refractivity contribution >= 4 is 0 Å². The van der Waals surface area contributed by atoms with Gasteiger partial charge in [0.25, 0.3) is 0 Å². The standard InChI is InChI=1S/C18H25NO2/c1-13-7-6-8-17(14(13)2)21-12-16-9-15(11-20-16)10-19-18(3,4)5/h6-9,11,19H,10,12H2,1-5H3. The summed E-state index contributed by atoms with van der Waals surface area (Å²) in [7, 11) is 0. The molecule has 2 aromatic rings. The summed E-state index contributed by atoms with van der Waals surface area (Å²) < 4.78 is 11.4. The van der Waals surface area contributed by atoms with Crippen LogP contribution in [0.4, 0.5) is 0 Å². The Morgan fingerprint density at radius 1 is 1.19 bits per heavy atom. The van der Waals surface area contributed by atoms with E-state index in [-0.39, 0.29) is 5.54 Å². The normalized spacial score (nSPS) is 11.7. The van der Waals surface area contributed by atoms with Gasteiger partial charge in [0.05, 0.1) is 6.26 Å². The van der Waals surface area contributed by atoms with Crippen LogP contribution in [0, 0.1) is 13.8 Å². The molecule has 0 saturated heterocycles. The lowest BCUT2D eigenvalue weighted by Gasteiger charge is -2.19. The van der Waals surface area contributed by atoms with Crippen molar-refractivity contribution in [2.45, 2.75) is 53.3 Å². The second-order valence-corrected chi connectivity index (χ2v) is 6.51. The van der Waals surface area contributed by atoms with Crippen LogP contribution >= 0.6 is 0 Å². The second-order valence-electron chi connectivity index (χ2n) is 6.51. The van der Waals surface area contributed by atoms with Gasteiger partial charge in [0.15, 0.2) is 0 Å². The van der Waals surface area contributed by atoms with Crippen molar-refractivity contribution in [2.75, 3.05) is 0 Å². The Balaban J connectivity index is 1.92. The van der Waals surface area contributed by atoms with E-state index in [1.54, 1.807) is 6.26 Å². The van der Waals surface area contributed by atoms with Gasteiger partial charge in [-0.1, -0.05) is 12.1 Å². The molecule has 1 aromatic carbocycles. The van der Waals surface area contributed by atoms with Crippen LogP contribution in [-0.2, 0) is 13.2 Å². The molecule has 21 heavy (non-hydrogen) atoms. The van der Waals surface area contributed by atoms with Crippen molar-refractivity contribution in [3.63, 3.8) is 0 Å². The molecule has 0 radical (unpaired) electrons. The van der Waals surface area contributed by atoms with Gasteiger partial charge in [0.1, 0.15) is 18.1 Å². The van der Waals surface area contributed by atoms with Crippen LogP contribution in [-0.4, -0.2) is 5.54 Å². The molecule has 0 aliphatic carbocycles. The van der Waals surface area contributed by atoms with Gasteiger partial charge < -0.3 is 14.5 Å². The number of rotatable bonds is 5. The molecule has 0 aliphatic rings. The molecular weight excluding hydrogens is 262 g/mol. The predicted octanol–water partition coefficient (Wildman–Crippen LogP) is 4.36. The van der Waals surface area contributed by atoms with Gasteiger partial charge >= 0.3 is 0 Å². The minimum absolute atomic E-state index is 0.104. The van der Waals surface area contributed by atoms with E-state index in [2.05, 4.69) is 46.0 Å². The third-order valence-electron chi connectivity index (χ3n) is 3.46. The second kappa shape index (κ2) is 6.35. The number of benzene rings is 1. The van der Waals surface area contributed by atoms with E-state index in [1.807, 2.05) is 18.2 Å². The summed E-state index contributed by atoms with van der Waals surface area (Å²) in [5, 5.41) is 3.44. The molecule has 114 valence electrons. The summed E-state index contributed by atoms with van der Waals surface area (Å²) in [6.45, 7) is 11.9. The zero-order valence-electron chi connectivity index (χ0n) is 13.6. The van der Waals surface area contributed by atoms with Crippen molar-refractivity contribution in [1.82, 2.24) is 5.32 Å². The molecule has 0 fully saturated rings. The van der Waals surface area contributed by atoms with E-state index in [0.29, 0.717) is 6.61 Å². The van der Waals surface area contributed by atoms with E-state index in [1.165, 1.54) is 11.1 Å². The van der Waals surface area contributed by atoms with Crippen LogP contribution in [0.5, 0.6) is 5.75 Å². The Labute approximate surface area is 127 Å². The summed E-state index contributed by atoms with van der Waals surface area (Å²) in [4.78, 5) is 0. The Kier molecular flexibility index (Phi) is 4.73. The topological polar surface area (TPSA) is 34.4 Å². The minimum Gasteiger partial charge on any atom is -0.485 e. The molecule has 1 N–H and O–H groups in total. The molecule has 0 bridgehead atoms. The van der Waals surface area contributed by atoms with Crippen molar-refractivity contribution in [3.05, 3.63) is 53.0 Å². The van der Waals surface area contributed by atoms with Crippen molar-refractivity contribution in [2.24, 2.45) is 0 Å². The lowest BCUT2D eigenvalue weighted by atomic mass is 10.1. The average Bonchev–Trinajstić information content (AvgIpc) is 2.85. The molecular formula is C18H25NO2. The Bertz CT molecular complexity index is 594. The highest BCUT2D eigenvalue weighted by atomic mass is 16.5. The average molecular weight is 287 g/mol. The predicted molar refractivity (Wildman–Crippen MR) is 85.5 cm³/mol. The highest BCUT2D eigenvalue weighted by Crippen LogP contribution is 2.22. The first kappa shape index (κ1) is 15.6. The van der Waals surface area contributed by atoms with E-state index >= 15 is 0 Å². The maximum atomic E-state index is 5.85. The van der Waals surface area contributed by atoms with E-state index in [0.717, 1.165) is 23.6 Å². The fourth-order valence-electron chi connectivity index (χ4n) is 1.99. The number of ether oxygens (including phenoxy) is 1. The highest BCUT2D eigenvalue weighted by molar-refractivity contribution is 5.38. The third-order valence-corrected chi connectivity index (χ3v) is 3.46. The fraction of sp³-hybridized carbons (Fsp3) is 0.444. The first-order chi connectivity index (χ1) is 9.85. The van der Waals surface area contributed by atoms with Crippen LogP contribution in [0.25, 0.3) is 0 Å². The zero-order chi connectivity index (χ0) is 15.5. The van der Waals surface area contributed by atoms with E-state index < -0.39 is 0 Å². The van der Waals surface area contributed by atoms with Gasteiger partial charge in [0, 0.05) is 17.6 Å². The highest BCUT2D eigenvalue weighted by Gasteiger charge is 2.10. The van der Waals surface area contributed by atoms with Gasteiger partial charge in [-0.25, -0.2) is 0 Å². The molecule has 0 aliphatic heterocycles. The Morgan fingerprint density at radius 2 is 1.95 bits per heavy atom. The first-order valence-electron chi connectivity index (χ1n) is 7.35. The van der Waals surface area contributed by atoms with Crippen LogP contribution in [0.3, 0.4) is 0 Å². The lowest BCUT2D eigenvalue weighted by Crippen LogP contribution is -2.34. The molecule has 2 rings (SSSR count). The molecule has 0 saturated carbocycles. The minimum atomic E-state index is 0.104. The summed E-state index contributed by atoms with van der Waals surface area (Å²) in [6, 6.07) is 8.14. The quantitative estimate of drug-likeness (QED) is 0.887. The van der Waals surface area contributed by atoms with Gasteiger partial charge in [-0.05, 0) is 57.9 Å². The van der Waals surface area contributed by atoms with Gasteiger partial charge in [-0.3, -0.25) is 0 Å². The molecule has 0 atom stereocenters. The molecule has 0 spiro atoms. The Hall–Kier alpha value is -1.74. The number of hydrogen-bond acceptors (Lipinski definition) is 3. The first-order valence-corrected chi connectivity index (χ1v) is 7.35. The van der Waals surface area contributed by atoms with Crippen LogP contribution in [0.15, 0.2) is 34.9 Å². The molecule has 1 heterocycles. The summed E-state index contributed by atoms with van der Waals surface area (Å²) in [5.41, 5.74) is 3.66. The van der Waals surface area contributed by atoms with Gasteiger partial charge in [-0.15, -0.1) is 0 Å². The summed E-state index contributed by atoms with van der Waals surface area (Å²) in [5.74, 6) is 1.77. The Morgan fingerprint density at radius 3 is 2.67 bits per heavy atom. The maximum Gasteiger partial charge on any atom is 0.146 e. The van der Waals surface area contributed by atoms with Crippen molar-refractivity contribution in [3.8, 4) is 5.75 Å². The van der Waals surface area contributed by atoms with Crippen molar-refractivity contribution < 1.29 is 9.15 Å². The van der Waals surface area contributed by atoms with E-state index in [9.17, 15) is 0 Å². The summed E-state index contributed by atoms with van der Waals surface area (Å²) >= 11 is 0. The van der Waals surface area contributed by atoms with Crippen LogP contribution in [0.2, 0.25) is 0 Å². The molecule has 3 nitrogen and oxygen atoms in total. The number of furan rings is 1. The van der Waals surface area contributed by atoms with E-state index in [4.69, 9.17) is 9.15 Å². The molecule has 1 aromatic heterocycles. The maximum absolute atomic E-state index is 5.85. The fourth-order valence-corrected chi connectivity index (χ4v) is 1.99. The SMILES string of the molecule is Cc1cccc(OCc2cc(CNC(C)(C)C)co2)c1C. The monoisotopic (exact) mass is 287 g/mol. The number of aryl methyl sites for hydroxylation is 1. The lowest BCUT2D eigenvalue weighted by molar-refractivity contribution is 0.268. The molecule has 3 heteroatoms. The molecule has 0 unspecified atom stereocenters. The summed E-state index contributed by atoms with van der Waals surface area (Å²) in [6.07, 6.45) is 1.79. The van der Waals surface area contributed by atoms with Gasteiger partial charge in [-0.2, -0.15) is 0 Å². The van der Waals surface area contributed by atoms with Crippen molar-refractivity contribution in [1.29, 1.82) is 0 Å². The van der Waals surface area contributed by atoms with Crippen LogP contribution in [0.1, 0.15) is 43.2 Å². The third kappa shape index (κ3) is 4.64. The smallest absolute Gasteiger partial charge is 0.146 e. The largest absolute Gasteiger partial charge is 0.485 e. The van der Waals surface area contributed by atoms with Gasteiger partial charge in [0.2, 0.25) is 0 Å². The molecule has 0 amide bonds. The number of nitrogens with one attached hydrogen (secondary N) is 1. The zero-order valence-corrected chi connectivity index (χ0v) is 13.6. The van der Waals surface area contributed by atoms with Crippen LogP contribution < -0.4 is 10.1 Å².